The highest BCUT2D eigenvalue weighted by Crippen LogP contribution is 2.35. The van der Waals surface area contributed by atoms with Crippen LogP contribution in [0.25, 0.3) is 0 Å². The van der Waals surface area contributed by atoms with Crippen LogP contribution in [-0.2, 0) is 20.7 Å². The number of nitrogens with zero attached hydrogens (tertiary/aromatic N) is 1. The number of thiazole rings is 1. The SMILES string of the molecule is COC(=O)C(OCCc1scnc1C)C1CC1. The van der Waals surface area contributed by atoms with Gasteiger partial charge in [0.2, 0.25) is 0 Å². The monoisotopic (exact) mass is 255 g/mol. The predicted octanol–water partition coefficient (Wildman–Crippen LogP) is 1.96. The van der Waals surface area contributed by atoms with Gasteiger partial charge in [-0.15, -0.1) is 11.3 Å². The van der Waals surface area contributed by atoms with Crippen LogP contribution in [0.4, 0.5) is 0 Å². The maximum atomic E-state index is 11.5. The lowest BCUT2D eigenvalue weighted by atomic mass is 10.2. The average molecular weight is 255 g/mol. The van der Waals surface area contributed by atoms with Crippen molar-refractivity contribution in [1.29, 1.82) is 0 Å². The van der Waals surface area contributed by atoms with E-state index in [1.807, 2.05) is 12.4 Å². The first kappa shape index (κ1) is 12.5. The van der Waals surface area contributed by atoms with Crippen LogP contribution in [0.15, 0.2) is 5.51 Å². The number of aromatic nitrogens is 1. The lowest BCUT2D eigenvalue weighted by Crippen LogP contribution is -2.28. The summed E-state index contributed by atoms with van der Waals surface area (Å²) in [5.74, 6) is 0.124. The molecule has 0 bridgehead atoms. The Kier molecular flexibility index (Phi) is 4.12. The summed E-state index contributed by atoms with van der Waals surface area (Å²) in [6, 6.07) is 0. The van der Waals surface area contributed by atoms with Gasteiger partial charge in [0, 0.05) is 11.3 Å². The summed E-state index contributed by atoms with van der Waals surface area (Å²) >= 11 is 1.63. The molecule has 1 aliphatic rings. The molecule has 1 unspecified atom stereocenters. The van der Waals surface area contributed by atoms with Gasteiger partial charge in [0.25, 0.3) is 0 Å². The molecule has 0 amide bonds. The number of ether oxygens (including phenoxy) is 2. The third kappa shape index (κ3) is 3.26. The van der Waals surface area contributed by atoms with Crippen LogP contribution < -0.4 is 0 Å². The molecule has 0 N–H and O–H groups in total. The number of esters is 1. The molecule has 1 aromatic heterocycles. The Labute approximate surface area is 105 Å². The number of carbonyl (C=O) groups excluding carboxylic acids is 1. The molecule has 0 spiro atoms. The smallest absolute Gasteiger partial charge is 0.335 e. The maximum absolute atomic E-state index is 11.5. The molecule has 1 aliphatic carbocycles. The highest BCUT2D eigenvalue weighted by molar-refractivity contribution is 7.09. The van der Waals surface area contributed by atoms with Gasteiger partial charge in [-0.3, -0.25) is 0 Å². The summed E-state index contributed by atoms with van der Waals surface area (Å²) in [7, 11) is 1.41. The minimum Gasteiger partial charge on any atom is -0.467 e. The lowest BCUT2D eigenvalue weighted by molar-refractivity contribution is -0.155. The van der Waals surface area contributed by atoms with Gasteiger partial charge < -0.3 is 9.47 Å². The average Bonchev–Trinajstić information content (AvgIpc) is 3.08. The number of carbonyl (C=O) groups is 1. The molecule has 4 nitrogen and oxygen atoms in total. The Morgan fingerprint density at radius 1 is 1.65 bits per heavy atom. The number of hydrogen-bond donors (Lipinski definition) is 0. The van der Waals surface area contributed by atoms with E-state index in [4.69, 9.17) is 9.47 Å². The maximum Gasteiger partial charge on any atom is 0.335 e. The molecule has 1 aromatic rings. The van der Waals surface area contributed by atoms with Crippen molar-refractivity contribution in [3.05, 3.63) is 16.1 Å². The van der Waals surface area contributed by atoms with Crippen molar-refractivity contribution in [2.45, 2.75) is 32.3 Å². The minimum absolute atomic E-state index is 0.242. The zero-order chi connectivity index (χ0) is 12.3. The van der Waals surface area contributed by atoms with Crippen LogP contribution in [0.5, 0.6) is 0 Å². The molecule has 1 fully saturated rings. The molecule has 1 saturated carbocycles. The van der Waals surface area contributed by atoms with Gasteiger partial charge >= 0.3 is 5.97 Å². The topological polar surface area (TPSA) is 48.4 Å². The fourth-order valence-corrected chi connectivity index (χ4v) is 2.52. The molecular weight excluding hydrogens is 238 g/mol. The second-order valence-electron chi connectivity index (χ2n) is 4.26. The van der Waals surface area contributed by atoms with E-state index in [9.17, 15) is 4.79 Å². The lowest BCUT2D eigenvalue weighted by Gasteiger charge is -2.14. The first-order chi connectivity index (χ1) is 8.22. The minimum atomic E-state index is -0.367. The van der Waals surface area contributed by atoms with Gasteiger partial charge in [-0.1, -0.05) is 0 Å². The van der Waals surface area contributed by atoms with E-state index in [1.54, 1.807) is 11.3 Å². The van der Waals surface area contributed by atoms with Crippen molar-refractivity contribution in [2.75, 3.05) is 13.7 Å². The van der Waals surface area contributed by atoms with E-state index in [0.29, 0.717) is 12.5 Å². The third-order valence-electron chi connectivity index (χ3n) is 2.96. The van der Waals surface area contributed by atoms with Gasteiger partial charge in [-0.2, -0.15) is 0 Å². The summed E-state index contributed by atoms with van der Waals surface area (Å²) in [5, 5.41) is 0. The van der Waals surface area contributed by atoms with Gasteiger partial charge in [0.1, 0.15) is 0 Å². The molecule has 1 atom stereocenters. The molecule has 5 heteroatoms. The zero-order valence-corrected chi connectivity index (χ0v) is 11.0. The fourth-order valence-electron chi connectivity index (χ4n) is 1.76. The molecule has 0 saturated heterocycles. The van der Waals surface area contributed by atoms with Crippen molar-refractivity contribution < 1.29 is 14.3 Å². The Hall–Kier alpha value is -0.940. The molecule has 0 aromatic carbocycles. The second kappa shape index (κ2) is 5.60. The molecular formula is C12H17NO3S. The van der Waals surface area contributed by atoms with E-state index in [0.717, 1.165) is 25.0 Å². The first-order valence-corrected chi connectivity index (χ1v) is 6.68. The predicted molar refractivity (Wildman–Crippen MR) is 65.0 cm³/mol. The van der Waals surface area contributed by atoms with Crippen molar-refractivity contribution in [3.63, 3.8) is 0 Å². The molecule has 0 radical (unpaired) electrons. The van der Waals surface area contributed by atoms with Gasteiger partial charge in [-0.05, 0) is 25.7 Å². The zero-order valence-electron chi connectivity index (χ0n) is 10.1. The molecule has 94 valence electrons. The number of methoxy groups -OCH3 is 1. The van der Waals surface area contributed by atoms with Gasteiger partial charge in [-0.25, -0.2) is 9.78 Å². The molecule has 17 heavy (non-hydrogen) atoms. The standard InChI is InChI=1S/C12H17NO3S/c1-8-10(17-7-13-8)5-6-16-11(9-3-4-9)12(14)15-2/h7,9,11H,3-6H2,1-2H3. The van der Waals surface area contributed by atoms with Crippen molar-refractivity contribution >= 4 is 17.3 Å². The van der Waals surface area contributed by atoms with E-state index in [-0.39, 0.29) is 12.1 Å². The Morgan fingerprint density at radius 2 is 2.41 bits per heavy atom. The highest BCUT2D eigenvalue weighted by Gasteiger charge is 2.37. The van der Waals surface area contributed by atoms with Crippen molar-refractivity contribution in [2.24, 2.45) is 5.92 Å². The van der Waals surface area contributed by atoms with Crippen LogP contribution >= 0.6 is 11.3 Å². The highest BCUT2D eigenvalue weighted by atomic mass is 32.1. The molecule has 0 aliphatic heterocycles. The molecule has 2 rings (SSSR count). The number of aryl methyl sites for hydroxylation is 1. The van der Waals surface area contributed by atoms with E-state index in [2.05, 4.69) is 4.98 Å². The Morgan fingerprint density at radius 3 is 2.94 bits per heavy atom. The molecule has 1 heterocycles. The van der Waals surface area contributed by atoms with E-state index >= 15 is 0 Å². The summed E-state index contributed by atoms with van der Waals surface area (Å²) in [6.07, 6.45) is 2.59. The summed E-state index contributed by atoms with van der Waals surface area (Å²) < 4.78 is 10.4. The van der Waals surface area contributed by atoms with Crippen LogP contribution in [0.2, 0.25) is 0 Å². The van der Waals surface area contributed by atoms with Crippen molar-refractivity contribution in [3.8, 4) is 0 Å². The largest absolute Gasteiger partial charge is 0.467 e. The summed E-state index contributed by atoms with van der Waals surface area (Å²) in [5.41, 5.74) is 2.89. The Balaban J connectivity index is 1.80. The fraction of sp³-hybridized carbons (Fsp3) is 0.667. The van der Waals surface area contributed by atoms with Crippen molar-refractivity contribution in [1.82, 2.24) is 4.98 Å². The van der Waals surface area contributed by atoms with Crippen LogP contribution in [0, 0.1) is 12.8 Å². The summed E-state index contributed by atoms with van der Waals surface area (Å²) in [4.78, 5) is 16.9. The van der Waals surface area contributed by atoms with Crippen LogP contribution in [0.3, 0.4) is 0 Å². The van der Waals surface area contributed by atoms with E-state index in [1.165, 1.54) is 12.0 Å². The quantitative estimate of drug-likeness (QED) is 0.729. The summed E-state index contributed by atoms with van der Waals surface area (Å²) in [6.45, 7) is 2.55. The normalized spacial score (nSPS) is 16.8. The van der Waals surface area contributed by atoms with Gasteiger partial charge in [0.15, 0.2) is 6.10 Å². The number of hydrogen-bond acceptors (Lipinski definition) is 5. The third-order valence-corrected chi connectivity index (χ3v) is 3.95. The van der Waals surface area contributed by atoms with Crippen LogP contribution in [-0.4, -0.2) is 30.8 Å². The first-order valence-electron chi connectivity index (χ1n) is 5.80. The Bertz CT molecular complexity index is 387. The van der Waals surface area contributed by atoms with E-state index < -0.39 is 0 Å². The van der Waals surface area contributed by atoms with Gasteiger partial charge in [0.05, 0.1) is 24.9 Å². The number of rotatable bonds is 6. The second-order valence-corrected chi connectivity index (χ2v) is 5.20. The van der Waals surface area contributed by atoms with Crippen LogP contribution in [0.1, 0.15) is 23.4 Å².